The molecule has 0 aliphatic carbocycles. The first-order chi connectivity index (χ1) is 9.43. The molecule has 0 atom stereocenters. The number of H-pyrrole nitrogens is 1. The lowest BCUT2D eigenvalue weighted by atomic mass is 10.1. The Morgan fingerprint density at radius 2 is 2.20 bits per heavy atom. The molecule has 110 valence electrons. The van der Waals surface area contributed by atoms with Gasteiger partial charge in [-0.3, -0.25) is 9.78 Å². The molecule has 0 spiro atoms. The van der Waals surface area contributed by atoms with Crippen LogP contribution in [0.3, 0.4) is 0 Å². The quantitative estimate of drug-likeness (QED) is 0.826. The van der Waals surface area contributed by atoms with E-state index in [9.17, 15) is 4.79 Å². The molecule has 6 nitrogen and oxygen atoms in total. The number of aromatic nitrogens is 4. The Morgan fingerprint density at radius 1 is 1.45 bits per heavy atom. The van der Waals surface area contributed by atoms with Crippen LogP contribution in [0.25, 0.3) is 11.0 Å². The molecule has 0 aliphatic heterocycles. The van der Waals surface area contributed by atoms with Crippen molar-refractivity contribution in [2.24, 2.45) is 0 Å². The summed E-state index contributed by atoms with van der Waals surface area (Å²) in [5.41, 5.74) is 0.255. The number of nitrogens with one attached hydrogen (secondary N) is 2. The van der Waals surface area contributed by atoms with E-state index < -0.39 is 0 Å². The van der Waals surface area contributed by atoms with Crippen molar-refractivity contribution in [2.45, 2.75) is 32.7 Å². The molecule has 2 heterocycles. The normalized spacial score (nSPS) is 12.0. The third kappa shape index (κ3) is 3.15. The summed E-state index contributed by atoms with van der Waals surface area (Å²) in [6.45, 7) is 6.90. The van der Waals surface area contributed by atoms with E-state index in [4.69, 9.17) is 0 Å². The molecular weight excluding hydrogens is 274 g/mol. The third-order valence-corrected chi connectivity index (χ3v) is 3.59. The topological polar surface area (TPSA) is 75.6 Å². The van der Waals surface area contributed by atoms with E-state index in [1.165, 1.54) is 0 Å². The number of fused-ring (bicyclic) bond motifs is 1. The van der Waals surface area contributed by atoms with Crippen molar-refractivity contribution in [1.29, 1.82) is 0 Å². The molecule has 0 unspecified atom stereocenters. The van der Waals surface area contributed by atoms with Gasteiger partial charge in [-0.2, -0.15) is 21.8 Å². The van der Waals surface area contributed by atoms with Gasteiger partial charge in [0.1, 0.15) is 5.39 Å². The highest BCUT2D eigenvalue weighted by atomic mass is 32.2. The maximum absolute atomic E-state index is 12.0. The second kappa shape index (κ2) is 5.87. The first-order valence-corrected chi connectivity index (χ1v) is 8.04. The highest BCUT2D eigenvalue weighted by Crippen LogP contribution is 2.18. The van der Waals surface area contributed by atoms with E-state index in [0.717, 1.165) is 18.7 Å². The maximum Gasteiger partial charge on any atom is 0.263 e. The molecule has 2 aromatic rings. The highest BCUT2D eigenvalue weighted by Gasteiger charge is 2.19. The molecule has 7 heteroatoms. The van der Waals surface area contributed by atoms with Crippen LogP contribution in [0.1, 0.15) is 27.2 Å². The average molecular weight is 295 g/mol. The minimum Gasteiger partial charge on any atom is -0.356 e. The lowest BCUT2D eigenvalue weighted by Crippen LogP contribution is -2.24. The van der Waals surface area contributed by atoms with Crippen LogP contribution >= 0.6 is 11.8 Å². The van der Waals surface area contributed by atoms with Gasteiger partial charge in [0.25, 0.3) is 5.56 Å². The molecule has 0 bridgehead atoms. The lowest BCUT2D eigenvalue weighted by molar-refractivity contribution is 0.366. The van der Waals surface area contributed by atoms with Gasteiger partial charge >= 0.3 is 0 Å². The van der Waals surface area contributed by atoms with E-state index in [1.807, 2.05) is 20.8 Å². The first-order valence-electron chi connectivity index (χ1n) is 6.65. The van der Waals surface area contributed by atoms with Crippen LogP contribution in [-0.4, -0.2) is 38.3 Å². The Hall–Kier alpha value is -1.50. The van der Waals surface area contributed by atoms with Crippen molar-refractivity contribution in [3.05, 3.63) is 16.6 Å². The largest absolute Gasteiger partial charge is 0.356 e. The fraction of sp³-hybridized carbons (Fsp3) is 0.615. The van der Waals surface area contributed by atoms with Gasteiger partial charge in [0.15, 0.2) is 5.65 Å². The summed E-state index contributed by atoms with van der Waals surface area (Å²) in [6.07, 6.45) is 4.68. The zero-order chi connectivity index (χ0) is 14.8. The zero-order valence-electron chi connectivity index (χ0n) is 12.4. The van der Waals surface area contributed by atoms with E-state index in [1.54, 1.807) is 22.6 Å². The fourth-order valence-electron chi connectivity index (χ4n) is 1.92. The summed E-state index contributed by atoms with van der Waals surface area (Å²) < 4.78 is 1.78. The summed E-state index contributed by atoms with van der Waals surface area (Å²) in [7, 11) is 0. The van der Waals surface area contributed by atoms with Crippen molar-refractivity contribution < 1.29 is 0 Å². The Kier molecular flexibility index (Phi) is 4.37. The summed E-state index contributed by atoms with van der Waals surface area (Å²) in [4.78, 5) is 19.3. The van der Waals surface area contributed by atoms with Crippen LogP contribution in [-0.2, 0) is 5.54 Å². The molecule has 0 aliphatic rings. The summed E-state index contributed by atoms with van der Waals surface area (Å²) in [5.74, 6) is 1.59. The average Bonchev–Trinajstić information content (AvgIpc) is 2.79. The van der Waals surface area contributed by atoms with Crippen molar-refractivity contribution in [2.75, 3.05) is 23.9 Å². The molecule has 0 radical (unpaired) electrons. The van der Waals surface area contributed by atoms with Gasteiger partial charge in [0, 0.05) is 6.54 Å². The second-order valence-electron chi connectivity index (χ2n) is 5.65. The number of hydrogen-bond acceptors (Lipinski definition) is 5. The smallest absolute Gasteiger partial charge is 0.263 e. The molecule has 2 rings (SSSR count). The number of anilines is 1. The van der Waals surface area contributed by atoms with Crippen LogP contribution in [0.5, 0.6) is 0 Å². The summed E-state index contributed by atoms with van der Waals surface area (Å²) in [5, 5.41) is 7.96. The number of aromatic amines is 1. The highest BCUT2D eigenvalue weighted by molar-refractivity contribution is 7.98. The van der Waals surface area contributed by atoms with Crippen LogP contribution < -0.4 is 10.9 Å². The van der Waals surface area contributed by atoms with Crippen LogP contribution in [0.15, 0.2) is 11.0 Å². The standard InChI is InChI=1S/C13H21N5OS/c1-13(2,3)18-10-9(8-15-18)11(19)17-12(16-10)14-6-5-7-20-4/h8H,5-7H2,1-4H3,(H2,14,16,17,19). The van der Waals surface area contributed by atoms with Gasteiger partial charge in [0.05, 0.1) is 11.7 Å². The van der Waals surface area contributed by atoms with E-state index in [2.05, 4.69) is 26.6 Å². The molecule has 0 saturated heterocycles. The number of hydrogen-bond donors (Lipinski definition) is 2. The molecule has 2 aromatic heterocycles. The fourth-order valence-corrected chi connectivity index (χ4v) is 2.35. The molecule has 0 aromatic carbocycles. The van der Waals surface area contributed by atoms with Gasteiger partial charge in [-0.15, -0.1) is 0 Å². The second-order valence-corrected chi connectivity index (χ2v) is 6.64. The molecular formula is C13H21N5OS. The predicted molar refractivity (Wildman–Crippen MR) is 84.6 cm³/mol. The number of thioether (sulfide) groups is 1. The SMILES string of the molecule is CSCCCNc1nc2c(cnn2C(C)(C)C)c(=O)[nH]1. The Morgan fingerprint density at radius 3 is 2.85 bits per heavy atom. The molecule has 0 fully saturated rings. The molecule has 0 amide bonds. The van der Waals surface area contributed by atoms with Crippen molar-refractivity contribution in [3.8, 4) is 0 Å². The van der Waals surface area contributed by atoms with Gasteiger partial charge in [-0.05, 0) is 39.2 Å². The Balaban J connectivity index is 2.32. The summed E-state index contributed by atoms with van der Waals surface area (Å²) in [6, 6.07) is 0. The van der Waals surface area contributed by atoms with E-state index in [-0.39, 0.29) is 11.1 Å². The Labute approximate surface area is 122 Å². The molecule has 2 N–H and O–H groups in total. The molecule has 0 saturated carbocycles. The van der Waals surface area contributed by atoms with Gasteiger partial charge in [-0.25, -0.2) is 4.68 Å². The van der Waals surface area contributed by atoms with Gasteiger partial charge in [-0.1, -0.05) is 0 Å². The van der Waals surface area contributed by atoms with Gasteiger partial charge < -0.3 is 5.32 Å². The monoisotopic (exact) mass is 295 g/mol. The van der Waals surface area contributed by atoms with Crippen molar-refractivity contribution >= 4 is 28.7 Å². The molecule has 20 heavy (non-hydrogen) atoms. The lowest BCUT2D eigenvalue weighted by Gasteiger charge is -2.19. The van der Waals surface area contributed by atoms with Crippen LogP contribution in [0.4, 0.5) is 5.95 Å². The summed E-state index contributed by atoms with van der Waals surface area (Å²) >= 11 is 1.80. The maximum atomic E-state index is 12.0. The van der Waals surface area contributed by atoms with Gasteiger partial charge in [0.2, 0.25) is 5.95 Å². The van der Waals surface area contributed by atoms with Crippen molar-refractivity contribution in [1.82, 2.24) is 19.7 Å². The first kappa shape index (κ1) is 14.9. The van der Waals surface area contributed by atoms with Crippen molar-refractivity contribution in [3.63, 3.8) is 0 Å². The third-order valence-electron chi connectivity index (χ3n) is 2.89. The number of rotatable bonds is 5. The van der Waals surface area contributed by atoms with E-state index >= 15 is 0 Å². The van der Waals surface area contributed by atoms with Crippen LogP contribution in [0.2, 0.25) is 0 Å². The van der Waals surface area contributed by atoms with E-state index in [0.29, 0.717) is 17.0 Å². The predicted octanol–water partition coefficient (Wildman–Crippen LogP) is 2.04. The number of nitrogens with zero attached hydrogens (tertiary/aromatic N) is 3. The zero-order valence-corrected chi connectivity index (χ0v) is 13.2. The Bertz CT molecular complexity index is 640. The van der Waals surface area contributed by atoms with Crippen LogP contribution in [0, 0.1) is 0 Å². The minimum atomic E-state index is -0.210. The minimum absolute atomic E-state index is 0.155.